The lowest BCUT2D eigenvalue weighted by Gasteiger charge is -2.02. The largest absolute Gasteiger partial charge is 0.545 e. The zero-order valence-corrected chi connectivity index (χ0v) is 6.19. The van der Waals surface area contributed by atoms with Gasteiger partial charge < -0.3 is 9.90 Å². The number of halogens is 1. The Morgan fingerprint density at radius 2 is 2.08 bits per heavy atom. The summed E-state index contributed by atoms with van der Waals surface area (Å²) in [5.74, 6) is -2.57. The molecule has 0 saturated carbocycles. The number of rotatable bonds is 2. The van der Waals surface area contributed by atoms with E-state index in [1.54, 1.807) is 0 Å². The van der Waals surface area contributed by atoms with Crippen LogP contribution in [-0.2, 0) is 0 Å². The molecule has 1 aromatic rings. The number of nitro benzene ring substituents is 1. The number of benzene rings is 1. The first-order valence-electron chi connectivity index (χ1n) is 3.17. The van der Waals surface area contributed by atoms with E-state index in [4.69, 9.17) is 0 Å². The number of nitro groups is 1. The van der Waals surface area contributed by atoms with Crippen molar-refractivity contribution in [2.24, 2.45) is 0 Å². The van der Waals surface area contributed by atoms with E-state index in [1.165, 1.54) is 0 Å². The van der Waals surface area contributed by atoms with E-state index >= 15 is 0 Å². The fourth-order valence-electron chi connectivity index (χ4n) is 0.828. The fraction of sp³-hybridized carbons (Fsp3) is 0. The smallest absolute Gasteiger partial charge is 0.281 e. The predicted molar refractivity (Wildman–Crippen MR) is 37.4 cm³/mol. The van der Waals surface area contributed by atoms with Crippen LogP contribution < -0.4 is 5.11 Å². The molecule has 0 aliphatic carbocycles. The van der Waals surface area contributed by atoms with Gasteiger partial charge in [-0.05, 0) is 12.1 Å². The van der Waals surface area contributed by atoms with Gasteiger partial charge in [0.1, 0.15) is 5.82 Å². The summed E-state index contributed by atoms with van der Waals surface area (Å²) in [6.07, 6.45) is 0. The first kappa shape index (κ1) is 9.11. The molecule has 0 radical (unpaired) electrons. The van der Waals surface area contributed by atoms with Gasteiger partial charge in [-0.2, -0.15) is 0 Å². The molecule has 6 heteroatoms. The van der Waals surface area contributed by atoms with Gasteiger partial charge in [-0.15, -0.1) is 0 Å². The van der Waals surface area contributed by atoms with Crippen molar-refractivity contribution in [1.29, 1.82) is 0 Å². The van der Waals surface area contributed by atoms with Crippen molar-refractivity contribution >= 4 is 11.7 Å². The molecule has 68 valence electrons. The molecule has 0 bridgehead atoms. The highest BCUT2D eigenvalue weighted by Gasteiger charge is 2.14. The van der Waals surface area contributed by atoms with E-state index in [2.05, 4.69) is 0 Å². The van der Waals surface area contributed by atoms with E-state index in [9.17, 15) is 24.4 Å². The molecular weight excluding hydrogens is 181 g/mol. The topological polar surface area (TPSA) is 83.3 Å². The Bertz CT molecular complexity index is 377. The van der Waals surface area contributed by atoms with Crippen LogP contribution in [0.4, 0.5) is 10.1 Å². The Morgan fingerprint density at radius 3 is 2.54 bits per heavy atom. The van der Waals surface area contributed by atoms with Crippen LogP contribution in [0.25, 0.3) is 0 Å². The molecule has 1 rings (SSSR count). The third-order valence-electron chi connectivity index (χ3n) is 1.38. The first-order chi connectivity index (χ1) is 6.02. The molecule has 0 aromatic heterocycles. The average Bonchev–Trinajstić information content (AvgIpc) is 2.03. The van der Waals surface area contributed by atoms with Crippen molar-refractivity contribution < 1.29 is 19.2 Å². The Balaban J connectivity index is 3.35. The van der Waals surface area contributed by atoms with Gasteiger partial charge in [0, 0.05) is 0 Å². The van der Waals surface area contributed by atoms with Crippen molar-refractivity contribution in [3.63, 3.8) is 0 Å². The number of carbonyl (C=O) groups excluding carboxylic acids is 1. The highest BCUT2D eigenvalue weighted by atomic mass is 19.1. The normalized spacial score (nSPS) is 9.62. The number of carboxylic acids is 1. The first-order valence-corrected chi connectivity index (χ1v) is 3.17. The van der Waals surface area contributed by atoms with Crippen LogP contribution in [-0.4, -0.2) is 10.9 Å². The Morgan fingerprint density at radius 1 is 1.46 bits per heavy atom. The minimum Gasteiger partial charge on any atom is -0.545 e. The van der Waals surface area contributed by atoms with Gasteiger partial charge in [-0.3, -0.25) is 10.1 Å². The maximum atomic E-state index is 12.5. The van der Waals surface area contributed by atoms with Gasteiger partial charge in [0.15, 0.2) is 0 Å². The lowest BCUT2D eigenvalue weighted by Crippen LogP contribution is -2.23. The summed E-state index contributed by atoms with van der Waals surface area (Å²) in [6.45, 7) is 0. The van der Waals surface area contributed by atoms with Crippen molar-refractivity contribution in [1.82, 2.24) is 0 Å². The molecule has 0 amide bonds. The van der Waals surface area contributed by atoms with Crippen molar-refractivity contribution in [2.75, 3.05) is 0 Å². The molecule has 0 unspecified atom stereocenters. The van der Waals surface area contributed by atoms with Crippen LogP contribution in [0.5, 0.6) is 0 Å². The summed E-state index contributed by atoms with van der Waals surface area (Å²) in [7, 11) is 0. The molecule has 0 spiro atoms. The second-order valence-corrected chi connectivity index (χ2v) is 2.21. The predicted octanol–water partition coefficient (Wildman–Crippen LogP) is 0.0974. The van der Waals surface area contributed by atoms with Gasteiger partial charge in [0.05, 0.1) is 22.5 Å². The van der Waals surface area contributed by atoms with Crippen molar-refractivity contribution in [3.8, 4) is 0 Å². The molecule has 0 fully saturated rings. The summed E-state index contributed by atoms with van der Waals surface area (Å²) in [5.41, 5.74) is -1.44. The van der Waals surface area contributed by atoms with Gasteiger partial charge >= 0.3 is 0 Å². The van der Waals surface area contributed by atoms with Crippen LogP contribution in [0.3, 0.4) is 0 Å². The molecule has 0 heterocycles. The lowest BCUT2D eigenvalue weighted by molar-refractivity contribution is -0.386. The van der Waals surface area contributed by atoms with E-state index < -0.39 is 28.0 Å². The summed E-state index contributed by atoms with van der Waals surface area (Å²) >= 11 is 0. The summed E-state index contributed by atoms with van der Waals surface area (Å²) < 4.78 is 12.5. The fourth-order valence-corrected chi connectivity index (χ4v) is 0.828. The zero-order chi connectivity index (χ0) is 10.0. The monoisotopic (exact) mass is 184 g/mol. The van der Waals surface area contributed by atoms with Gasteiger partial charge in [-0.1, -0.05) is 0 Å². The Hall–Kier alpha value is -1.98. The SMILES string of the molecule is O=C([O-])c1ccc(F)cc1[N+](=O)[O-]. The van der Waals surface area contributed by atoms with Gasteiger partial charge in [-0.25, -0.2) is 4.39 Å². The minimum absolute atomic E-state index is 0.533. The van der Waals surface area contributed by atoms with Crippen LogP contribution in [0.1, 0.15) is 10.4 Å². The average molecular weight is 184 g/mol. The molecule has 0 aliphatic rings. The quantitative estimate of drug-likeness (QED) is 0.481. The number of carboxylic acid groups (broad SMARTS) is 1. The van der Waals surface area contributed by atoms with Crippen molar-refractivity contribution in [3.05, 3.63) is 39.7 Å². The maximum absolute atomic E-state index is 12.5. The molecule has 13 heavy (non-hydrogen) atoms. The van der Waals surface area contributed by atoms with Crippen molar-refractivity contribution in [2.45, 2.75) is 0 Å². The van der Waals surface area contributed by atoms with E-state index in [0.29, 0.717) is 6.07 Å². The molecule has 0 saturated heterocycles. The van der Waals surface area contributed by atoms with Crippen LogP contribution >= 0.6 is 0 Å². The third-order valence-corrected chi connectivity index (χ3v) is 1.38. The number of carbonyl (C=O) groups is 1. The maximum Gasteiger partial charge on any atom is 0.281 e. The standard InChI is InChI=1S/C7H4FNO4/c8-4-1-2-5(7(10)11)6(3-4)9(12)13/h1-3H,(H,10,11)/p-1. The third kappa shape index (κ3) is 1.78. The highest BCUT2D eigenvalue weighted by molar-refractivity contribution is 5.90. The molecular formula is C7H3FNO4-. The number of aromatic carboxylic acids is 1. The Kier molecular flexibility index (Phi) is 2.23. The van der Waals surface area contributed by atoms with E-state index in [1.807, 2.05) is 0 Å². The highest BCUT2D eigenvalue weighted by Crippen LogP contribution is 2.18. The van der Waals surface area contributed by atoms with Gasteiger partial charge in [0.25, 0.3) is 5.69 Å². The molecule has 1 aromatic carbocycles. The molecule has 0 atom stereocenters. The van der Waals surface area contributed by atoms with E-state index in [-0.39, 0.29) is 0 Å². The molecule has 0 N–H and O–H groups in total. The summed E-state index contributed by atoms with van der Waals surface area (Å²) in [6, 6.07) is 2.14. The number of nitrogens with zero attached hydrogens (tertiary/aromatic N) is 1. The zero-order valence-electron chi connectivity index (χ0n) is 6.19. The van der Waals surface area contributed by atoms with Gasteiger partial charge in [0.2, 0.25) is 0 Å². The van der Waals surface area contributed by atoms with E-state index in [0.717, 1.165) is 12.1 Å². The van der Waals surface area contributed by atoms with Crippen LogP contribution in [0.2, 0.25) is 0 Å². The number of hydrogen-bond donors (Lipinski definition) is 0. The second-order valence-electron chi connectivity index (χ2n) is 2.21. The Labute approximate surface area is 71.6 Å². The lowest BCUT2D eigenvalue weighted by atomic mass is 10.2. The number of hydrogen-bond acceptors (Lipinski definition) is 4. The molecule has 5 nitrogen and oxygen atoms in total. The molecule has 0 aliphatic heterocycles. The van der Waals surface area contributed by atoms with Crippen LogP contribution in [0.15, 0.2) is 18.2 Å². The summed E-state index contributed by atoms with van der Waals surface area (Å²) in [4.78, 5) is 19.5. The second kappa shape index (κ2) is 3.18. The minimum atomic E-state index is -1.70. The van der Waals surface area contributed by atoms with Crippen LogP contribution in [0, 0.1) is 15.9 Å². The summed E-state index contributed by atoms with van der Waals surface area (Å²) in [5, 5.41) is 20.5.